The highest BCUT2D eigenvalue weighted by atomic mass is 35.5. The number of alkyl halides is 2. The minimum absolute atomic E-state index is 0.0222. The molecule has 1 N–H and O–H groups in total. The lowest BCUT2D eigenvalue weighted by molar-refractivity contribution is 0.0917. The molecule has 0 radical (unpaired) electrons. The molecule has 0 fully saturated rings. The van der Waals surface area contributed by atoms with Crippen LogP contribution in [0.15, 0.2) is 6.20 Å². The Morgan fingerprint density at radius 1 is 1.47 bits per heavy atom. The van der Waals surface area contributed by atoms with Crippen LogP contribution in [0.25, 0.3) is 0 Å². The average molecular weight is 264 g/mol. The first kappa shape index (κ1) is 13.8. The van der Waals surface area contributed by atoms with E-state index in [0.717, 1.165) is 6.20 Å². The molecular formula is C10H12ClF2N3O. The zero-order valence-electron chi connectivity index (χ0n) is 9.59. The SMILES string of the molecule is CC(C)(C)NC(=O)c1cnc(C(F)F)nc1Cl. The van der Waals surface area contributed by atoms with Crippen molar-refractivity contribution in [2.45, 2.75) is 32.7 Å². The van der Waals surface area contributed by atoms with Gasteiger partial charge in [-0.2, -0.15) is 0 Å². The van der Waals surface area contributed by atoms with Crippen molar-refractivity contribution in [1.29, 1.82) is 0 Å². The van der Waals surface area contributed by atoms with Gasteiger partial charge >= 0.3 is 0 Å². The number of nitrogens with zero attached hydrogens (tertiary/aromatic N) is 2. The van der Waals surface area contributed by atoms with E-state index in [1.54, 1.807) is 20.8 Å². The minimum Gasteiger partial charge on any atom is -0.347 e. The topological polar surface area (TPSA) is 54.9 Å². The van der Waals surface area contributed by atoms with Gasteiger partial charge in [-0.25, -0.2) is 18.7 Å². The maximum absolute atomic E-state index is 12.3. The zero-order chi connectivity index (χ0) is 13.2. The molecule has 1 heterocycles. The van der Waals surface area contributed by atoms with Crippen molar-refractivity contribution < 1.29 is 13.6 Å². The van der Waals surface area contributed by atoms with Gasteiger partial charge in [0.25, 0.3) is 12.3 Å². The van der Waals surface area contributed by atoms with Gasteiger partial charge in [0.2, 0.25) is 0 Å². The highest BCUT2D eigenvalue weighted by Gasteiger charge is 2.20. The number of hydrogen-bond donors (Lipinski definition) is 1. The third kappa shape index (κ3) is 3.89. The lowest BCUT2D eigenvalue weighted by Gasteiger charge is -2.20. The smallest absolute Gasteiger partial charge is 0.297 e. The molecule has 94 valence electrons. The lowest BCUT2D eigenvalue weighted by Crippen LogP contribution is -2.40. The second kappa shape index (κ2) is 4.91. The highest BCUT2D eigenvalue weighted by Crippen LogP contribution is 2.19. The van der Waals surface area contributed by atoms with E-state index in [2.05, 4.69) is 15.3 Å². The van der Waals surface area contributed by atoms with Gasteiger partial charge in [-0.15, -0.1) is 0 Å². The summed E-state index contributed by atoms with van der Waals surface area (Å²) in [5.74, 6) is -1.19. The van der Waals surface area contributed by atoms with Gasteiger partial charge in [-0.1, -0.05) is 11.6 Å². The molecule has 7 heteroatoms. The van der Waals surface area contributed by atoms with Crippen molar-refractivity contribution in [1.82, 2.24) is 15.3 Å². The normalized spacial score (nSPS) is 11.7. The molecule has 4 nitrogen and oxygen atoms in total. The number of carbonyl (C=O) groups is 1. The van der Waals surface area contributed by atoms with Crippen LogP contribution in [0.1, 0.15) is 43.4 Å². The molecule has 1 aromatic rings. The molecular weight excluding hydrogens is 252 g/mol. The predicted octanol–water partition coefficient (Wildman–Crippen LogP) is 2.60. The molecule has 1 rings (SSSR count). The first-order valence-corrected chi connectivity index (χ1v) is 5.21. The Hall–Kier alpha value is -1.30. The van der Waals surface area contributed by atoms with Crippen LogP contribution in [0.5, 0.6) is 0 Å². The molecule has 0 aliphatic rings. The second-order valence-corrected chi connectivity index (χ2v) is 4.80. The summed E-state index contributed by atoms with van der Waals surface area (Å²) in [7, 11) is 0. The Morgan fingerprint density at radius 3 is 2.47 bits per heavy atom. The summed E-state index contributed by atoms with van der Waals surface area (Å²) >= 11 is 5.65. The molecule has 0 saturated carbocycles. The maximum Gasteiger partial charge on any atom is 0.297 e. The first-order chi connectivity index (χ1) is 7.70. The van der Waals surface area contributed by atoms with Crippen molar-refractivity contribution in [2.75, 3.05) is 0 Å². The van der Waals surface area contributed by atoms with Crippen molar-refractivity contribution in [3.05, 3.63) is 22.7 Å². The van der Waals surface area contributed by atoms with Crippen molar-refractivity contribution in [2.24, 2.45) is 0 Å². The molecule has 0 aliphatic carbocycles. The molecule has 17 heavy (non-hydrogen) atoms. The fraction of sp³-hybridized carbons (Fsp3) is 0.500. The molecule has 0 saturated heterocycles. The molecule has 0 aromatic carbocycles. The monoisotopic (exact) mass is 263 g/mol. The Balaban J connectivity index is 2.96. The average Bonchev–Trinajstić information content (AvgIpc) is 2.14. The van der Waals surface area contributed by atoms with Gasteiger partial charge in [0.15, 0.2) is 5.82 Å². The van der Waals surface area contributed by atoms with E-state index in [0.29, 0.717) is 0 Å². The Labute approximate surface area is 102 Å². The largest absolute Gasteiger partial charge is 0.347 e. The van der Waals surface area contributed by atoms with Gasteiger partial charge in [0, 0.05) is 11.7 Å². The number of halogens is 3. The van der Waals surface area contributed by atoms with Crippen LogP contribution in [0.2, 0.25) is 5.15 Å². The Kier molecular flexibility index (Phi) is 3.98. The number of hydrogen-bond acceptors (Lipinski definition) is 3. The van der Waals surface area contributed by atoms with Crippen LogP contribution in [-0.4, -0.2) is 21.4 Å². The van der Waals surface area contributed by atoms with Crippen molar-refractivity contribution >= 4 is 17.5 Å². The highest BCUT2D eigenvalue weighted by molar-refractivity contribution is 6.32. The number of aromatic nitrogens is 2. The first-order valence-electron chi connectivity index (χ1n) is 4.84. The third-order valence-electron chi connectivity index (χ3n) is 1.69. The van der Waals surface area contributed by atoms with Crippen LogP contribution >= 0.6 is 11.6 Å². The summed E-state index contributed by atoms with van der Waals surface area (Å²) in [4.78, 5) is 18.5. The number of nitrogens with one attached hydrogen (secondary N) is 1. The van der Waals surface area contributed by atoms with Crippen LogP contribution in [0.3, 0.4) is 0 Å². The molecule has 0 unspecified atom stereocenters. The molecule has 1 amide bonds. The molecule has 1 aromatic heterocycles. The van der Waals surface area contributed by atoms with E-state index in [1.807, 2.05) is 0 Å². The summed E-state index contributed by atoms with van der Waals surface area (Å²) in [5, 5.41) is 2.35. The fourth-order valence-corrected chi connectivity index (χ4v) is 1.26. The van der Waals surface area contributed by atoms with Crippen LogP contribution in [0, 0.1) is 0 Å². The standard InChI is InChI=1S/C10H12ClF2N3O/c1-10(2,3)16-9(17)5-4-14-8(7(12)13)15-6(5)11/h4,7H,1-3H3,(H,16,17). The Morgan fingerprint density at radius 2 is 2.06 bits per heavy atom. The van der Waals surface area contributed by atoms with E-state index >= 15 is 0 Å². The van der Waals surface area contributed by atoms with Crippen molar-refractivity contribution in [3.63, 3.8) is 0 Å². The van der Waals surface area contributed by atoms with E-state index in [-0.39, 0.29) is 10.7 Å². The van der Waals surface area contributed by atoms with E-state index in [1.165, 1.54) is 0 Å². The van der Waals surface area contributed by atoms with Crippen LogP contribution < -0.4 is 5.32 Å². The lowest BCUT2D eigenvalue weighted by atomic mass is 10.1. The number of rotatable bonds is 2. The van der Waals surface area contributed by atoms with E-state index in [9.17, 15) is 13.6 Å². The van der Waals surface area contributed by atoms with Gasteiger partial charge in [-0.05, 0) is 20.8 Å². The van der Waals surface area contributed by atoms with Crippen LogP contribution in [-0.2, 0) is 0 Å². The summed E-state index contributed by atoms with van der Waals surface area (Å²) < 4.78 is 24.5. The summed E-state index contributed by atoms with van der Waals surface area (Å²) in [6.07, 6.45) is -1.81. The quantitative estimate of drug-likeness (QED) is 0.835. The molecule has 0 atom stereocenters. The minimum atomic E-state index is -2.81. The van der Waals surface area contributed by atoms with Gasteiger partial charge in [-0.3, -0.25) is 4.79 Å². The maximum atomic E-state index is 12.3. The summed E-state index contributed by atoms with van der Waals surface area (Å²) in [5.41, 5.74) is -0.479. The number of amides is 1. The van der Waals surface area contributed by atoms with Gasteiger partial charge in [0.1, 0.15) is 5.15 Å². The van der Waals surface area contributed by atoms with Gasteiger partial charge in [0.05, 0.1) is 5.56 Å². The molecule has 0 aliphatic heterocycles. The van der Waals surface area contributed by atoms with Gasteiger partial charge < -0.3 is 5.32 Å². The van der Waals surface area contributed by atoms with E-state index in [4.69, 9.17) is 11.6 Å². The van der Waals surface area contributed by atoms with Crippen molar-refractivity contribution in [3.8, 4) is 0 Å². The third-order valence-corrected chi connectivity index (χ3v) is 1.98. The molecule has 0 spiro atoms. The Bertz CT molecular complexity index is 432. The second-order valence-electron chi connectivity index (χ2n) is 4.44. The summed E-state index contributed by atoms with van der Waals surface area (Å²) in [6.45, 7) is 5.35. The van der Waals surface area contributed by atoms with Crippen LogP contribution in [0.4, 0.5) is 8.78 Å². The predicted molar refractivity (Wildman–Crippen MR) is 59.2 cm³/mol. The fourth-order valence-electron chi connectivity index (χ4n) is 1.04. The summed E-state index contributed by atoms with van der Waals surface area (Å²) in [6, 6.07) is 0. The number of carbonyl (C=O) groups excluding carboxylic acids is 1. The van der Waals surface area contributed by atoms with E-state index < -0.39 is 23.7 Å². The molecule has 0 bridgehead atoms. The zero-order valence-corrected chi connectivity index (χ0v) is 10.3.